The molecule has 1 rings (SSSR count). The first-order valence-corrected chi connectivity index (χ1v) is 6.47. The van der Waals surface area contributed by atoms with E-state index >= 15 is 0 Å². The van der Waals surface area contributed by atoms with Gasteiger partial charge >= 0.3 is 5.97 Å². The van der Waals surface area contributed by atoms with Gasteiger partial charge in [0.05, 0.1) is 5.02 Å². The van der Waals surface area contributed by atoms with Gasteiger partial charge in [0, 0.05) is 5.56 Å². The van der Waals surface area contributed by atoms with Crippen molar-refractivity contribution in [3.05, 3.63) is 34.6 Å². The van der Waals surface area contributed by atoms with Crippen LogP contribution in [0.1, 0.15) is 38.1 Å². The van der Waals surface area contributed by atoms with Gasteiger partial charge in [0.25, 0.3) is 5.91 Å². The largest absolute Gasteiger partial charge is 0.458 e. The topological polar surface area (TPSA) is 55.4 Å². The van der Waals surface area contributed by atoms with Gasteiger partial charge in [0.1, 0.15) is 17.5 Å². The minimum Gasteiger partial charge on any atom is -0.458 e. The number of hydrogen-bond acceptors (Lipinski definition) is 3. The second-order valence-corrected chi connectivity index (χ2v) is 5.76. The van der Waals surface area contributed by atoms with Gasteiger partial charge in [-0.05, 0) is 45.9 Å². The van der Waals surface area contributed by atoms with Crippen LogP contribution >= 0.6 is 11.6 Å². The molecule has 0 saturated carbocycles. The fourth-order valence-electron chi connectivity index (χ4n) is 1.37. The standard InChI is InChI=1S/C14H17ClFNO3/c1-8(13(19)20-14(2,3)4)17-12(18)9-5-6-11(16)10(15)7-9/h5-8H,1-4H3,(H,17,18)/t8-/m0/s1. The Bertz CT molecular complexity index is 526. The quantitative estimate of drug-likeness (QED) is 0.873. The van der Waals surface area contributed by atoms with Crippen molar-refractivity contribution in [2.45, 2.75) is 39.3 Å². The Morgan fingerprint density at radius 3 is 2.45 bits per heavy atom. The van der Waals surface area contributed by atoms with E-state index in [1.165, 1.54) is 19.1 Å². The first-order valence-electron chi connectivity index (χ1n) is 6.09. The van der Waals surface area contributed by atoms with Crippen LogP contribution in [-0.4, -0.2) is 23.5 Å². The summed E-state index contributed by atoms with van der Waals surface area (Å²) in [7, 11) is 0. The van der Waals surface area contributed by atoms with Crippen molar-refractivity contribution in [2.24, 2.45) is 0 Å². The second-order valence-electron chi connectivity index (χ2n) is 5.36. The highest BCUT2D eigenvalue weighted by Gasteiger charge is 2.23. The van der Waals surface area contributed by atoms with Crippen molar-refractivity contribution in [3.63, 3.8) is 0 Å². The van der Waals surface area contributed by atoms with E-state index < -0.39 is 29.3 Å². The Labute approximate surface area is 122 Å². The van der Waals surface area contributed by atoms with Crippen molar-refractivity contribution < 1.29 is 18.7 Å². The molecule has 0 aromatic heterocycles. The van der Waals surface area contributed by atoms with Crippen molar-refractivity contribution in [1.29, 1.82) is 0 Å². The van der Waals surface area contributed by atoms with Gasteiger partial charge in [-0.2, -0.15) is 0 Å². The second kappa shape index (κ2) is 6.22. The van der Waals surface area contributed by atoms with E-state index in [0.717, 1.165) is 6.07 Å². The van der Waals surface area contributed by atoms with Crippen molar-refractivity contribution in [2.75, 3.05) is 0 Å². The molecule has 0 aliphatic rings. The van der Waals surface area contributed by atoms with E-state index in [2.05, 4.69) is 5.32 Å². The zero-order valence-electron chi connectivity index (χ0n) is 11.8. The van der Waals surface area contributed by atoms with Crippen LogP contribution in [-0.2, 0) is 9.53 Å². The molecule has 110 valence electrons. The third-order valence-electron chi connectivity index (χ3n) is 2.29. The van der Waals surface area contributed by atoms with Crippen molar-refractivity contribution >= 4 is 23.5 Å². The van der Waals surface area contributed by atoms with Crippen LogP contribution in [0.15, 0.2) is 18.2 Å². The molecule has 0 fully saturated rings. The SMILES string of the molecule is C[C@H](NC(=O)c1ccc(F)c(Cl)c1)C(=O)OC(C)(C)C. The number of carbonyl (C=O) groups is 2. The van der Waals surface area contributed by atoms with Crippen LogP contribution in [0.4, 0.5) is 4.39 Å². The molecule has 1 N–H and O–H groups in total. The molecule has 0 radical (unpaired) electrons. The van der Waals surface area contributed by atoms with Crippen molar-refractivity contribution in [3.8, 4) is 0 Å². The summed E-state index contributed by atoms with van der Waals surface area (Å²) in [5, 5.41) is 2.32. The Balaban J connectivity index is 2.70. The number of benzene rings is 1. The Morgan fingerprint density at radius 2 is 1.95 bits per heavy atom. The summed E-state index contributed by atoms with van der Waals surface area (Å²) in [5.74, 6) is -1.67. The Kier molecular flexibility index (Phi) is 5.11. The summed E-state index contributed by atoms with van der Waals surface area (Å²) < 4.78 is 18.1. The highest BCUT2D eigenvalue weighted by molar-refractivity contribution is 6.31. The Hall–Kier alpha value is -1.62. The normalized spacial score (nSPS) is 12.7. The summed E-state index contributed by atoms with van der Waals surface area (Å²) in [6, 6.07) is 2.77. The summed E-state index contributed by atoms with van der Waals surface area (Å²) in [5.41, 5.74) is -0.457. The molecule has 0 bridgehead atoms. The maximum Gasteiger partial charge on any atom is 0.328 e. The third-order valence-corrected chi connectivity index (χ3v) is 2.58. The fraction of sp³-hybridized carbons (Fsp3) is 0.429. The molecule has 1 amide bonds. The molecule has 4 nitrogen and oxygen atoms in total. The van der Waals surface area contributed by atoms with E-state index in [0.29, 0.717) is 0 Å². The summed E-state index contributed by atoms with van der Waals surface area (Å²) in [4.78, 5) is 23.6. The Morgan fingerprint density at radius 1 is 1.35 bits per heavy atom. The monoisotopic (exact) mass is 301 g/mol. The van der Waals surface area contributed by atoms with E-state index in [-0.39, 0.29) is 10.6 Å². The molecule has 1 aromatic carbocycles. The molecule has 20 heavy (non-hydrogen) atoms. The molecule has 6 heteroatoms. The van der Waals surface area contributed by atoms with Gasteiger partial charge in [-0.25, -0.2) is 9.18 Å². The van der Waals surface area contributed by atoms with Gasteiger partial charge in [0.15, 0.2) is 0 Å². The van der Waals surface area contributed by atoms with Gasteiger partial charge in [0.2, 0.25) is 0 Å². The lowest BCUT2D eigenvalue weighted by Gasteiger charge is -2.22. The fourth-order valence-corrected chi connectivity index (χ4v) is 1.55. The van der Waals surface area contributed by atoms with Crippen LogP contribution in [0.5, 0.6) is 0 Å². The highest BCUT2D eigenvalue weighted by atomic mass is 35.5. The number of halogens is 2. The number of esters is 1. The van der Waals surface area contributed by atoms with E-state index in [9.17, 15) is 14.0 Å². The third kappa shape index (κ3) is 4.81. The number of hydrogen-bond donors (Lipinski definition) is 1. The lowest BCUT2D eigenvalue weighted by Crippen LogP contribution is -2.42. The molecule has 0 spiro atoms. The summed E-state index contributed by atoms with van der Waals surface area (Å²) in [6.45, 7) is 6.72. The smallest absolute Gasteiger partial charge is 0.328 e. The minimum atomic E-state index is -0.814. The van der Waals surface area contributed by atoms with Crippen molar-refractivity contribution in [1.82, 2.24) is 5.32 Å². The molecule has 0 saturated heterocycles. The molecule has 0 aliphatic carbocycles. The number of carbonyl (C=O) groups excluding carboxylic acids is 2. The molecule has 0 heterocycles. The van der Waals surface area contributed by atoms with Gasteiger partial charge < -0.3 is 10.1 Å². The predicted molar refractivity (Wildman–Crippen MR) is 74.2 cm³/mol. The van der Waals surface area contributed by atoms with Gasteiger partial charge in [-0.3, -0.25) is 4.79 Å². The maximum atomic E-state index is 13.0. The molecule has 1 atom stereocenters. The average molecular weight is 302 g/mol. The zero-order chi connectivity index (χ0) is 15.5. The summed E-state index contributed by atoms with van der Waals surface area (Å²) in [6.07, 6.45) is 0. The first kappa shape index (κ1) is 16.4. The van der Waals surface area contributed by atoms with E-state index in [1.807, 2.05) is 0 Å². The van der Waals surface area contributed by atoms with Gasteiger partial charge in [-0.15, -0.1) is 0 Å². The van der Waals surface area contributed by atoms with E-state index in [1.54, 1.807) is 20.8 Å². The van der Waals surface area contributed by atoms with Gasteiger partial charge in [-0.1, -0.05) is 11.6 Å². The maximum absolute atomic E-state index is 13.0. The number of nitrogens with one attached hydrogen (secondary N) is 1. The highest BCUT2D eigenvalue weighted by Crippen LogP contribution is 2.16. The number of amides is 1. The average Bonchev–Trinajstić information content (AvgIpc) is 2.30. The molecular formula is C14H17ClFNO3. The van der Waals surface area contributed by atoms with Crippen LogP contribution in [0.3, 0.4) is 0 Å². The van der Waals surface area contributed by atoms with Crippen LogP contribution in [0, 0.1) is 5.82 Å². The summed E-state index contributed by atoms with van der Waals surface area (Å²) >= 11 is 5.60. The molecular weight excluding hydrogens is 285 g/mol. The lowest BCUT2D eigenvalue weighted by atomic mass is 10.1. The minimum absolute atomic E-state index is 0.150. The van der Waals surface area contributed by atoms with Crippen LogP contribution in [0.2, 0.25) is 5.02 Å². The first-order chi connectivity index (χ1) is 9.10. The molecule has 0 aliphatic heterocycles. The lowest BCUT2D eigenvalue weighted by molar-refractivity contribution is -0.156. The zero-order valence-corrected chi connectivity index (χ0v) is 12.5. The number of ether oxygens (including phenoxy) is 1. The predicted octanol–water partition coefficient (Wildman–Crippen LogP) is 2.94. The number of rotatable bonds is 3. The molecule has 1 aromatic rings. The molecule has 0 unspecified atom stereocenters. The van der Waals surface area contributed by atoms with E-state index in [4.69, 9.17) is 16.3 Å². The van der Waals surface area contributed by atoms with Crippen LogP contribution < -0.4 is 5.32 Å². The van der Waals surface area contributed by atoms with Crippen LogP contribution in [0.25, 0.3) is 0 Å².